The zero-order valence-corrected chi connectivity index (χ0v) is 25.8. The molecule has 214 valence electrons. The van der Waals surface area contributed by atoms with Crippen molar-refractivity contribution in [3.05, 3.63) is 68.8 Å². The van der Waals surface area contributed by atoms with Crippen LogP contribution in [0.5, 0.6) is 0 Å². The molecule has 5 nitrogen and oxygen atoms in total. The summed E-state index contributed by atoms with van der Waals surface area (Å²) in [7, 11) is 0. The SMILES string of the molecule is CCCC=Nc1c(C(=O)N2CCC(=Nc3ccc(C4CCC4)cc3)/C(=C(\N)C(F)CC)C2CC)ccc(Br)c1C. The molecule has 0 spiro atoms. The molecule has 0 aromatic heterocycles. The Labute approximate surface area is 247 Å². The van der Waals surface area contributed by atoms with E-state index in [2.05, 4.69) is 35.0 Å². The van der Waals surface area contributed by atoms with Crippen LogP contribution in [0.2, 0.25) is 0 Å². The van der Waals surface area contributed by atoms with Crippen LogP contribution in [0.15, 0.2) is 62.1 Å². The monoisotopic (exact) mass is 608 g/mol. The minimum Gasteiger partial charge on any atom is -0.399 e. The van der Waals surface area contributed by atoms with E-state index < -0.39 is 6.17 Å². The lowest BCUT2D eigenvalue weighted by Gasteiger charge is -2.39. The number of likely N-dealkylation sites (tertiary alicyclic amines) is 1. The predicted molar refractivity (Wildman–Crippen MR) is 168 cm³/mol. The number of carbonyl (C=O) groups is 1. The van der Waals surface area contributed by atoms with Crippen molar-refractivity contribution in [1.29, 1.82) is 0 Å². The molecule has 2 aromatic carbocycles. The van der Waals surface area contributed by atoms with Crippen molar-refractivity contribution >= 4 is 45.1 Å². The Bertz CT molecular complexity index is 1300. The summed E-state index contributed by atoms with van der Waals surface area (Å²) in [5.41, 5.74) is 12.5. The Kier molecular flexibility index (Phi) is 10.3. The number of hydrogen-bond donors (Lipinski definition) is 1. The van der Waals surface area contributed by atoms with E-state index in [4.69, 9.17) is 15.7 Å². The maximum Gasteiger partial charge on any atom is 0.256 e. The van der Waals surface area contributed by atoms with Gasteiger partial charge in [0.05, 0.1) is 28.7 Å². The highest BCUT2D eigenvalue weighted by molar-refractivity contribution is 9.10. The molecule has 2 aliphatic rings. The molecule has 2 aromatic rings. The molecule has 2 fully saturated rings. The smallest absolute Gasteiger partial charge is 0.256 e. The summed E-state index contributed by atoms with van der Waals surface area (Å²) in [6.45, 7) is 8.34. The van der Waals surface area contributed by atoms with Gasteiger partial charge in [-0.1, -0.05) is 61.7 Å². The molecule has 7 heteroatoms. The Morgan fingerprint density at radius 1 is 1.18 bits per heavy atom. The molecular formula is C33H42BrFN4O. The number of unbranched alkanes of at least 4 members (excludes halogenated alkanes) is 1. The first-order chi connectivity index (χ1) is 19.3. The van der Waals surface area contributed by atoms with E-state index in [0.29, 0.717) is 42.1 Å². The predicted octanol–water partition coefficient (Wildman–Crippen LogP) is 8.89. The van der Waals surface area contributed by atoms with Crippen LogP contribution < -0.4 is 5.73 Å². The lowest BCUT2D eigenvalue weighted by atomic mass is 9.80. The van der Waals surface area contributed by atoms with Gasteiger partial charge in [0.1, 0.15) is 6.17 Å². The van der Waals surface area contributed by atoms with Crippen molar-refractivity contribution in [2.24, 2.45) is 15.7 Å². The average molecular weight is 610 g/mol. The second kappa shape index (κ2) is 13.7. The maximum atomic E-state index is 15.1. The van der Waals surface area contributed by atoms with Gasteiger partial charge in [0.2, 0.25) is 0 Å². The molecule has 40 heavy (non-hydrogen) atoms. The molecule has 0 radical (unpaired) electrons. The molecule has 1 saturated carbocycles. The number of amides is 1. The molecule has 2 N–H and O–H groups in total. The van der Waals surface area contributed by atoms with Crippen LogP contribution in [0.1, 0.15) is 99.5 Å². The first kappa shape index (κ1) is 30.2. The average Bonchev–Trinajstić information content (AvgIpc) is 2.94. The van der Waals surface area contributed by atoms with Gasteiger partial charge in [-0.15, -0.1) is 0 Å². The van der Waals surface area contributed by atoms with Gasteiger partial charge in [-0.05, 0) is 80.3 Å². The largest absolute Gasteiger partial charge is 0.399 e. The summed E-state index contributed by atoms with van der Waals surface area (Å²) >= 11 is 3.59. The number of nitrogens with zero attached hydrogens (tertiary/aromatic N) is 3. The third-order valence-corrected chi connectivity index (χ3v) is 9.09. The van der Waals surface area contributed by atoms with E-state index in [1.807, 2.05) is 49.2 Å². The van der Waals surface area contributed by atoms with Crippen molar-refractivity contribution < 1.29 is 9.18 Å². The molecule has 1 aliphatic carbocycles. The van der Waals surface area contributed by atoms with E-state index in [0.717, 1.165) is 34.3 Å². The number of rotatable bonds is 9. The summed E-state index contributed by atoms with van der Waals surface area (Å²) in [4.78, 5) is 25.7. The molecule has 1 aliphatic heterocycles. The molecule has 1 amide bonds. The maximum absolute atomic E-state index is 15.1. The van der Waals surface area contributed by atoms with Gasteiger partial charge in [0.25, 0.3) is 5.91 Å². The van der Waals surface area contributed by atoms with Crippen molar-refractivity contribution in [2.75, 3.05) is 6.54 Å². The zero-order valence-electron chi connectivity index (χ0n) is 24.2. The molecule has 2 atom stereocenters. The first-order valence-electron chi connectivity index (χ1n) is 14.7. The van der Waals surface area contributed by atoms with Gasteiger partial charge in [-0.25, -0.2) is 4.39 Å². The summed E-state index contributed by atoms with van der Waals surface area (Å²) in [5.74, 6) is 0.536. The van der Waals surface area contributed by atoms with E-state index in [-0.39, 0.29) is 24.1 Å². The highest BCUT2D eigenvalue weighted by Crippen LogP contribution is 2.38. The Hall–Kier alpha value is -2.80. The first-order valence-corrected chi connectivity index (χ1v) is 15.5. The number of piperidine rings is 1. The number of alkyl halides is 1. The van der Waals surface area contributed by atoms with Crippen LogP contribution in [0.3, 0.4) is 0 Å². The second-order valence-electron chi connectivity index (χ2n) is 10.9. The Morgan fingerprint density at radius 3 is 2.50 bits per heavy atom. The number of aliphatic imine (C=N–C) groups is 2. The highest BCUT2D eigenvalue weighted by atomic mass is 79.9. The summed E-state index contributed by atoms with van der Waals surface area (Å²) < 4.78 is 16.0. The number of carbonyl (C=O) groups excluding carboxylic acids is 1. The van der Waals surface area contributed by atoms with Crippen LogP contribution >= 0.6 is 15.9 Å². The quantitative estimate of drug-likeness (QED) is 0.289. The normalized spacial score (nSPS) is 21.1. The van der Waals surface area contributed by atoms with Crippen LogP contribution in [0.25, 0.3) is 0 Å². The van der Waals surface area contributed by atoms with Crippen molar-refractivity contribution in [1.82, 2.24) is 4.90 Å². The number of benzene rings is 2. The Balaban J connectivity index is 1.72. The van der Waals surface area contributed by atoms with Crippen LogP contribution in [0, 0.1) is 6.92 Å². The van der Waals surface area contributed by atoms with Gasteiger partial charge in [-0.2, -0.15) is 0 Å². The molecular weight excluding hydrogens is 567 g/mol. The van der Waals surface area contributed by atoms with E-state index >= 15 is 4.39 Å². The van der Waals surface area contributed by atoms with Crippen molar-refractivity contribution in [2.45, 2.75) is 97.2 Å². The van der Waals surface area contributed by atoms with E-state index in [9.17, 15) is 4.79 Å². The van der Waals surface area contributed by atoms with Gasteiger partial charge < -0.3 is 10.6 Å². The fourth-order valence-electron chi connectivity index (χ4n) is 5.57. The molecule has 1 saturated heterocycles. The Morgan fingerprint density at radius 2 is 1.90 bits per heavy atom. The third-order valence-electron chi connectivity index (χ3n) is 8.23. The number of halogens is 2. The fraction of sp³-hybridized carbons (Fsp3) is 0.485. The van der Waals surface area contributed by atoms with Crippen molar-refractivity contribution in [3.63, 3.8) is 0 Å². The van der Waals surface area contributed by atoms with E-state index in [1.54, 1.807) is 6.92 Å². The van der Waals surface area contributed by atoms with Gasteiger partial charge in [0, 0.05) is 34.9 Å². The topological polar surface area (TPSA) is 71.0 Å². The van der Waals surface area contributed by atoms with Crippen LogP contribution in [0.4, 0.5) is 15.8 Å². The van der Waals surface area contributed by atoms with Crippen molar-refractivity contribution in [3.8, 4) is 0 Å². The summed E-state index contributed by atoms with van der Waals surface area (Å²) in [5, 5.41) is 0. The molecule has 2 unspecified atom stereocenters. The number of allylic oxidation sites excluding steroid dienone is 1. The third kappa shape index (κ3) is 6.40. The standard InChI is InChI=1S/C33H42BrFN4O/c1-5-8-19-37-32-21(4)26(34)17-16-25(32)33(40)39-20-18-28(30(29(39)7-3)31(36)27(35)6-2)38-24-14-12-23(13-15-24)22-10-9-11-22/h12-17,19,22,27,29H,5-11,18,20,36H2,1-4H3/b31-30+,37-19?,38-28?. The fourth-order valence-corrected chi connectivity index (χ4v) is 5.89. The second-order valence-corrected chi connectivity index (χ2v) is 11.7. The molecule has 4 rings (SSSR count). The lowest BCUT2D eigenvalue weighted by molar-refractivity contribution is 0.0699. The highest BCUT2D eigenvalue weighted by Gasteiger charge is 2.37. The lowest BCUT2D eigenvalue weighted by Crippen LogP contribution is -2.49. The number of nitrogens with two attached hydrogens (primary N) is 1. The summed E-state index contributed by atoms with van der Waals surface area (Å²) in [6.07, 6.45) is 7.55. The van der Waals surface area contributed by atoms with Crippen LogP contribution in [-0.4, -0.2) is 41.5 Å². The number of hydrogen-bond acceptors (Lipinski definition) is 4. The molecule has 0 bridgehead atoms. The summed E-state index contributed by atoms with van der Waals surface area (Å²) in [6, 6.07) is 11.8. The van der Waals surface area contributed by atoms with Gasteiger partial charge in [0.15, 0.2) is 0 Å². The minimum atomic E-state index is -1.30. The zero-order chi connectivity index (χ0) is 28.8. The minimum absolute atomic E-state index is 0.118. The van der Waals surface area contributed by atoms with Crippen LogP contribution in [-0.2, 0) is 0 Å². The molecule has 1 heterocycles. The van der Waals surface area contributed by atoms with Gasteiger partial charge in [-0.3, -0.25) is 14.8 Å². The van der Waals surface area contributed by atoms with Gasteiger partial charge >= 0.3 is 0 Å². The van der Waals surface area contributed by atoms with E-state index in [1.165, 1.54) is 24.8 Å².